The van der Waals surface area contributed by atoms with Crippen molar-refractivity contribution in [1.29, 1.82) is 0 Å². The molecule has 0 saturated heterocycles. The Morgan fingerprint density at radius 3 is 2.64 bits per heavy atom. The number of hydrogen-bond donors (Lipinski definition) is 3. The molecule has 0 bridgehead atoms. The smallest absolute Gasteiger partial charge is 0.223 e. The second-order valence-electron chi connectivity index (χ2n) is 7.37. The van der Waals surface area contributed by atoms with Gasteiger partial charge in [0, 0.05) is 31.1 Å². The molecule has 0 atom stereocenters. The van der Waals surface area contributed by atoms with Crippen LogP contribution in [-0.4, -0.2) is 39.3 Å². The number of phenolic OH excluding ortho intramolecular Hbond substituents is 1. The van der Waals surface area contributed by atoms with Crippen LogP contribution < -0.4 is 11.1 Å². The highest BCUT2D eigenvalue weighted by Crippen LogP contribution is 2.32. The van der Waals surface area contributed by atoms with Gasteiger partial charge >= 0.3 is 0 Å². The van der Waals surface area contributed by atoms with E-state index in [0.29, 0.717) is 29.3 Å². The van der Waals surface area contributed by atoms with Crippen LogP contribution in [0, 0.1) is 6.92 Å². The summed E-state index contributed by atoms with van der Waals surface area (Å²) in [5, 5.41) is 14.2. The molecule has 7 heteroatoms. The Labute approximate surface area is 164 Å². The van der Waals surface area contributed by atoms with Crippen LogP contribution in [0.4, 0.5) is 11.8 Å². The highest BCUT2D eigenvalue weighted by atomic mass is 16.5. The summed E-state index contributed by atoms with van der Waals surface area (Å²) in [6.45, 7) is 1.86. The third-order valence-electron chi connectivity index (χ3n) is 5.51. The second-order valence-corrected chi connectivity index (χ2v) is 7.37. The maximum absolute atomic E-state index is 10.1. The zero-order valence-corrected chi connectivity index (χ0v) is 16.1. The van der Waals surface area contributed by atoms with Gasteiger partial charge in [-0.1, -0.05) is 12.1 Å². The molecule has 1 aliphatic carbocycles. The minimum Gasteiger partial charge on any atom is -0.508 e. The van der Waals surface area contributed by atoms with Crippen molar-refractivity contribution in [2.75, 3.05) is 18.2 Å². The van der Waals surface area contributed by atoms with Crippen LogP contribution in [0.25, 0.3) is 22.0 Å². The molecule has 0 amide bonds. The Balaban J connectivity index is 1.68. The number of nitrogens with one attached hydrogen (secondary N) is 1. The van der Waals surface area contributed by atoms with Gasteiger partial charge in [-0.05, 0) is 49.8 Å². The number of phenols is 1. The van der Waals surface area contributed by atoms with Crippen LogP contribution in [-0.2, 0) is 4.74 Å². The maximum Gasteiger partial charge on any atom is 0.223 e. The van der Waals surface area contributed by atoms with Crippen LogP contribution in [0.1, 0.15) is 31.2 Å². The Hall–Kier alpha value is -2.93. The fourth-order valence-corrected chi connectivity index (χ4v) is 3.72. The molecule has 0 unspecified atom stereocenters. The molecule has 3 aromatic rings. The largest absolute Gasteiger partial charge is 0.508 e. The lowest BCUT2D eigenvalue weighted by Gasteiger charge is -2.28. The van der Waals surface area contributed by atoms with Crippen LogP contribution in [0.15, 0.2) is 30.6 Å². The van der Waals surface area contributed by atoms with E-state index >= 15 is 0 Å². The summed E-state index contributed by atoms with van der Waals surface area (Å²) in [6, 6.07) is 5.88. The molecule has 0 radical (unpaired) electrons. The number of fused-ring (bicyclic) bond motifs is 1. The number of ether oxygens (including phenoxy) is 1. The molecule has 2 aromatic heterocycles. The number of aromatic hydroxyl groups is 1. The van der Waals surface area contributed by atoms with Gasteiger partial charge in [-0.2, -0.15) is 0 Å². The molecule has 1 aliphatic rings. The molecule has 2 heterocycles. The van der Waals surface area contributed by atoms with Gasteiger partial charge in [-0.25, -0.2) is 15.0 Å². The highest BCUT2D eigenvalue weighted by Gasteiger charge is 2.21. The summed E-state index contributed by atoms with van der Waals surface area (Å²) in [7, 11) is 1.77. The quantitative estimate of drug-likeness (QED) is 0.635. The highest BCUT2D eigenvalue weighted by molar-refractivity contribution is 5.98. The van der Waals surface area contributed by atoms with Gasteiger partial charge in [0.2, 0.25) is 5.95 Å². The first-order chi connectivity index (χ1) is 13.5. The maximum atomic E-state index is 10.1. The molecular weight excluding hydrogens is 354 g/mol. The zero-order chi connectivity index (χ0) is 19.7. The summed E-state index contributed by atoms with van der Waals surface area (Å²) in [5.41, 5.74) is 9.24. The predicted octanol–water partition coefficient (Wildman–Crippen LogP) is 3.66. The Bertz CT molecular complexity index is 999. The number of benzene rings is 1. The summed E-state index contributed by atoms with van der Waals surface area (Å²) in [4.78, 5) is 13.5. The normalized spacial score (nSPS) is 19.6. The van der Waals surface area contributed by atoms with Gasteiger partial charge in [0.25, 0.3) is 0 Å². The number of aromatic nitrogens is 3. The van der Waals surface area contributed by atoms with E-state index in [-0.39, 0.29) is 5.75 Å². The molecule has 4 rings (SSSR count). The Morgan fingerprint density at radius 1 is 1.14 bits per heavy atom. The molecule has 1 saturated carbocycles. The topological polar surface area (TPSA) is 106 Å². The van der Waals surface area contributed by atoms with Crippen molar-refractivity contribution in [3.05, 3.63) is 36.2 Å². The Kier molecular flexibility index (Phi) is 5.00. The summed E-state index contributed by atoms with van der Waals surface area (Å²) in [5.74, 6) is 1.21. The average molecular weight is 379 g/mol. The number of rotatable bonds is 4. The van der Waals surface area contributed by atoms with Crippen molar-refractivity contribution in [2.24, 2.45) is 0 Å². The first-order valence-corrected chi connectivity index (χ1v) is 9.55. The van der Waals surface area contributed by atoms with E-state index in [1.807, 2.05) is 19.1 Å². The van der Waals surface area contributed by atoms with Crippen molar-refractivity contribution in [3.63, 3.8) is 0 Å². The summed E-state index contributed by atoms with van der Waals surface area (Å²) >= 11 is 0. The van der Waals surface area contributed by atoms with E-state index < -0.39 is 0 Å². The number of methoxy groups -OCH3 is 1. The van der Waals surface area contributed by atoms with E-state index in [9.17, 15) is 5.11 Å². The zero-order valence-electron chi connectivity index (χ0n) is 16.1. The van der Waals surface area contributed by atoms with E-state index in [0.717, 1.165) is 47.9 Å². The minimum atomic E-state index is 0.241. The van der Waals surface area contributed by atoms with Crippen molar-refractivity contribution in [3.8, 4) is 16.9 Å². The lowest BCUT2D eigenvalue weighted by molar-refractivity contribution is 0.0681. The van der Waals surface area contributed by atoms with Crippen molar-refractivity contribution in [2.45, 2.75) is 44.8 Å². The molecule has 28 heavy (non-hydrogen) atoms. The van der Waals surface area contributed by atoms with Gasteiger partial charge in [-0.15, -0.1) is 0 Å². The first-order valence-electron chi connectivity index (χ1n) is 9.55. The lowest BCUT2D eigenvalue weighted by Crippen LogP contribution is -2.29. The van der Waals surface area contributed by atoms with Gasteiger partial charge in [0.05, 0.1) is 17.0 Å². The van der Waals surface area contributed by atoms with Gasteiger partial charge in [0.15, 0.2) is 0 Å². The molecule has 4 N–H and O–H groups in total. The summed E-state index contributed by atoms with van der Waals surface area (Å²) < 4.78 is 5.44. The third kappa shape index (κ3) is 3.57. The minimum absolute atomic E-state index is 0.241. The van der Waals surface area contributed by atoms with Crippen LogP contribution >= 0.6 is 0 Å². The number of anilines is 2. The van der Waals surface area contributed by atoms with Gasteiger partial charge < -0.3 is 20.9 Å². The summed E-state index contributed by atoms with van der Waals surface area (Å²) in [6.07, 6.45) is 7.88. The molecule has 7 nitrogen and oxygen atoms in total. The second kappa shape index (κ2) is 7.59. The molecule has 0 spiro atoms. The molecule has 1 aromatic carbocycles. The standard InChI is InChI=1S/C21H25N5O2/c1-12-3-4-13(9-18(12)27)16-10-23-20(22)17-11-24-21(26-19(16)17)25-14-5-7-15(28-2)8-6-14/h3-4,9-11,14-15,27H,5-8H2,1-2H3,(H2,22,23)(H,24,25,26)/t14-,15-. The van der Waals surface area contributed by atoms with Crippen molar-refractivity contribution in [1.82, 2.24) is 15.0 Å². The molecule has 146 valence electrons. The van der Waals surface area contributed by atoms with E-state index in [1.54, 1.807) is 25.6 Å². The number of pyridine rings is 1. The number of nitrogens with zero attached hydrogens (tertiary/aromatic N) is 3. The lowest BCUT2D eigenvalue weighted by atomic mass is 9.93. The number of aryl methyl sites for hydroxylation is 1. The fourth-order valence-electron chi connectivity index (χ4n) is 3.72. The monoisotopic (exact) mass is 379 g/mol. The molecule has 0 aliphatic heterocycles. The number of nitrogen functional groups attached to an aromatic ring is 1. The van der Waals surface area contributed by atoms with Gasteiger partial charge in [-0.3, -0.25) is 0 Å². The van der Waals surface area contributed by atoms with E-state index in [1.165, 1.54) is 0 Å². The van der Waals surface area contributed by atoms with Crippen LogP contribution in [0.2, 0.25) is 0 Å². The van der Waals surface area contributed by atoms with Gasteiger partial charge in [0.1, 0.15) is 11.6 Å². The van der Waals surface area contributed by atoms with Crippen molar-refractivity contribution < 1.29 is 9.84 Å². The predicted molar refractivity (Wildman–Crippen MR) is 110 cm³/mol. The SMILES string of the molecule is CO[C@H]1CC[C@H](Nc2ncc3c(N)ncc(-c4ccc(C)c(O)c4)c3n2)CC1. The van der Waals surface area contributed by atoms with E-state index in [4.69, 9.17) is 15.5 Å². The molecule has 1 fully saturated rings. The third-order valence-corrected chi connectivity index (χ3v) is 5.51. The average Bonchev–Trinajstić information content (AvgIpc) is 2.71. The molecular formula is C21H25N5O2. The first kappa shape index (κ1) is 18.4. The number of hydrogen-bond acceptors (Lipinski definition) is 7. The van der Waals surface area contributed by atoms with Crippen molar-refractivity contribution >= 4 is 22.7 Å². The number of nitrogens with two attached hydrogens (primary N) is 1. The Morgan fingerprint density at radius 2 is 1.93 bits per heavy atom. The van der Waals surface area contributed by atoms with Crippen LogP contribution in [0.3, 0.4) is 0 Å². The van der Waals surface area contributed by atoms with E-state index in [2.05, 4.69) is 15.3 Å². The fraction of sp³-hybridized carbons (Fsp3) is 0.381. The van der Waals surface area contributed by atoms with Crippen LogP contribution in [0.5, 0.6) is 5.75 Å².